The van der Waals surface area contributed by atoms with E-state index in [0.717, 1.165) is 28.0 Å². The van der Waals surface area contributed by atoms with Gasteiger partial charge >= 0.3 is 0 Å². The topological polar surface area (TPSA) is 54.0 Å². The maximum absolute atomic E-state index is 12.2. The quantitative estimate of drug-likeness (QED) is 0.711. The fourth-order valence-electron chi connectivity index (χ4n) is 1.67. The molecule has 1 aromatic heterocycles. The van der Waals surface area contributed by atoms with Gasteiger partial charge in [0.15, 0.2) is 0 Å². The van der Waals surface area contributed by atoms with Crippen LogP contribution in [-0.4, -0.2) is 17.4 Å². The van der Waals surface area contributed by atoms with Crippen LogP contribution in [-0.2, 0) is 0 Å². The summed E-state index contributed by atoms with van der Waals surface area (Å²) in [6, 6.07) is 8.89. The van der Waals surface area contributed by atoms with Gasteiger partial charge in [-0.1, -0.05) is 18.5 Å². The minimum atomic E-state index is -0.190. The summed E-state index contributed by atoms with van der Waals surface area (Å²) in [5, 5.41) is 6.66. The van der Waals surface area contributed by atoms with E-state index in [9.17, 15) is 4.79 Å². The number of rotatable bonds is 5. The first-order chi connectivity index (χ1) is 10.1. The maximum atomic E-state index is 12.2. The van der Waals surface area contributed by atoms with Crippen LogP contribution in [0.3, 0.4) is 0 Å². The first-order valence-corrected chi connectivity index (χ1v) is 8.02. The lowest BCUT2D eigenvalue weighted by molar-refractivity contribution is 0.102. The van der Waals surface area contributed by atoms with Crippen molar-refractivity contribution >= 4 is 51.6 Å². The third kappa shape index (κ3) is 4.57. The molecule has 0 saturated carbocycles. The molecule has 0 aliphatic heterocycles. The van der Waals surface area contributed by atoms with Crippen LogP contribution in [0.25, 0.3) is 0 Å². The van der Waals surface area contributed by atoms with Gasteiger partial charge in [0.25, 0.3) is 5.91 Å². The van der Waals surface area contributed by atoms with Crippen LogP contribution in [0.5, 0.6) is 0 Å². The largest absolute Gasteiger partial charge is 0.370 e. The number of nitrogens with one attached hydrogen (secondary N) is 2. The maximum Gasteiger partial charge on any atom is 0.257 e. The number of hydrogen-bond donors (Lipinski definition) is 2. The molecule has 21 heavy (non-hydrogen) atoms. The number of benzene rings is 1. The SMILES string of the molecule is CCCNc1ccc(C(=O)Nc2ccc(Cl)cc2I)cn1. The Morgan fingerprint density at radius 3 is 2.76 bits per heavy atom. The second kappa shape index (κ2) is 7.61. The van der Waals surface area contributed by atoms with Crippen molar-refractivity contribution in [2.24, 2.45) is 0 Å². The molecule has 0 spiro atoms. The fourth-order valence-corrected chi connectivity index (χ4v) is 2.68. The van der Waals surface area contributed by atoms with Crippen molar-refractivity contribution < 1.29 is 4.79 Å². The third-order valence-corrected chi connectivity index (χ3v) is 3.89. The minimum Gasteiger partial charge on any atom is -0.370 e. The highest BCUT2D eigenvalue weighted by atomic mass is 127. The van der Waals surface area contributed by atoms with E-state index >= 15 is 0 Å². The molecule has 1 heterocycles. The highest BCUT2D eigenvalue weighted by Crippen LogP contribution is 2.22. The number of amides is 1. The van der Waals surface area contributed by atoms with Crippen LogP contribution in [0, 0.1) is 3.57 Å². The molecular weight excluding hydrogens is 401 g/mol. The van der Waals surface area contributed by atoms with Gasteiger partial charge in [-0.25, -0.2) is 4.98 Å². The van der Waals surface area contributed by atoms with Crippen molar-refractivity contribution in [3.05, 3.63) is 50.7 Å². The van der Waals surface area contributed by atoms with Crippen molar-refractivity contribution in [3.8, 4) is 0 Å². The Bertz CT molecular complexity index is 631. The number of hydrogen-bond acceptors (Lipinski definition) is 3. The Labute approximate surface area is 142 Å². The number of halogens is 2. The Hall–Kier alpha value is -1.34. The fraction of sp³-hybridized carbons (Fsp3) is 0.200. The van der Waals surface area contributed by atoms with E-state index in [1.165, 1.54) is 0 Å². The van der Waals surface area contributed by atoms with E-state index in [-0.39, 0.29) is 5.91 Å². The molecule has 2 rings (SSSR count). The molecule has 0 aliphatic rings. The van der Waals surface area contributed by atoms with Crippen LogP contribution in [0.1, 0.15) is 23.7 Å². The molecular formula is C15H15ClIN3O. The van der Waals surface area contributed by atoms with Gasteiger partial charge in [0.05, 0.1) is 11.3 Å². The van der Waals surface area contributed by atoms with Gasteiger partial charge in [-0.2, -0.15) is 0 Å². The standard InChI is InChI=1S/C15H15ClIN3O/c1-2-7-18-14-6-3-10(9-19-14)15(21)20-13-5-4-11(16)8-12(13)17/h3-6,8-9H,2,7H2,1H3,(H,18,19)(H,20,21). The average Bonchev–Trinajstić information content (AvgIpc) is 2.48. The van der Waals surface area contributed by atoms with Crippen molar-refractivity contribution in [1.82, 2.24) is 4.98 Å². The lowest BCUT2D eigenvalue weighted by atomic mass is 10.2. The number of nitrogens with zero attached hydrogens (tertiary/aromatic N) is 1. The molecule has 0 bridgehead atoms. The van der Waals surface area contributed by atoms with Gasteiger partial charge in [-0.3, -0.25) is 4.79 Å². The molecule has 6 heteroatoms. The average molecular weight is 416 g/mol. The lowest BCUT2D eigenvalue weighted by Gasteiger charge is -2.08. The van der Waals surface area contributed by atoms with Crippen LogP contribution in [0.15, 0.2) is 36.5 Å². The number of pyridine rings is 1. The van der Waals surface area contributed by atoms with E-state index in [0.29, 0.717) is 10.6 Å². The van der Waals surface area contributed by atoms with Crippen LogP contribution in [0.2, 0.25) is 5.02 Å². The number of carbonyl (C=O) groups is 1. The van der Waals surface area contributed by atoms with Gasteiger partial charge in [0, 0.05) is 21.3 Å². The molecule has 110 valence electrons. The van der Waals surface area contributed by atoms with Crippen molar-refractivity contribution in [2.45, 2.75) is 13.3 Å². The molecule has 0 saturated heterocycles. The number of carbonyl (C=O) groups excluding carboxylic acids is 1. The van der Waals surface area contributed by atoms with Gasteiger partial charge < -0.3 is 10.6 Å². The van der Waals surface area contributed by atoms with E-state index in [1.807, 2.05) is 0 Å². The first-order valence-electron chi connectivity index (χ1n) is 6.56. The summed E-state index contributed by atoms with van der Waals surface area (Å²) in [6.45, 7) is 2.95. The first kappa shape index (κ1) is 16.0. The van der Waals surface area contributed by atoms with Crippen molar-refractivity contribution in [2.75, 3.05) is 17.2 Å². The second-order valence-electron chi connectivity index (χ2n) is 4.44. The molecule has 2 aromatic rings. The van der Waals surface area contributed by atoms with Gasteiger partial charge in [0.2, 0.25) is 0 Å². The molecule has 4 nitrogen and oxygen atoms in total. The normalized spacial score (nSPS) is 10.2. The summed E-state index contributed by atoms with van der Waals surface area (Å²) in [4.78, 5) is 16.4. The Balaban J connectivity index is 2.06. The molecule has 1 amide bonds. The zero-order valence-corrected chi connectivity index (χ0v) is 14.4. The Morgan fingerprint density at radius 2 is 2.14 bits per heavy atom. The summed E-state index contributed by atoms with van der Waals surface area (Å²) in [7, 11) is 0. The van der Waals surface area contributed by atoms with Gasteiger partial charge in [0.1, 0.15) is 5.82 Å². The summed E-state index contributed by atoms with van der Waals surface area (Å²) in [6.07, 6.45) is 2.59. The summed E-state index contributed by atoms with van der Waals surface area (Å²) in [5.74, 6) is 0.583. The zero-order valence-electron chi connectivity index (χ0n) is 11.5. The summed E-state index contributed by atoms with van der Waals surface area (Å²) < 4.78 is 0.891. The van der Waals surface area contributed by atoms with Gasteiger partial charge in [-0.15, -0.1) is 0 Å². The highest BCUT2D eigenvalue weighted by Gasteiger charge is 2.09. The Morgan fingerprint density at radius 1 is 1.33 bits per heavy atom. The molecule has 0 atom stereocenters. The third-order valence-electron chi connectivity index (χ3n) is 2.76. The Kier molecular flexibility index (Phi) is 5.81. The minimum absolute atomic E-state index is 0.190. The molecule has 2 N–H and O–H groups in total. The summed E-state index contributed by atoms with van der Waals surface area (Å²) in [5.41, 5.74) is 1.25. The smallest absolute Gasteiger partial charge is 0.257 e. The van der Waals surface area contributed by atoms with E-state index in [4.69, 9.17) is 11.6 Å². The lowest BCUT2D eigenvalue weighted by Crippen LogP contribution is -2.13. The second-order valence-corrected chi connectivity index (χ2v) is 6.04. The molecule has 0 unspecified atom stereocenters. The molecule has 1 aromatic carbocycles. The highest BCUT2D eigenvalue weighted by molar-refractivity contribution is 14.1. The number of anilines is 2. The van der Waals surface area contributed by atoms with E-state index < -0.39 is 0 Å². The van der Waals surface area contributed by atoms with E-state index in [1.54, 1.807) is 36.5 Å². The monoisotopic (exact) mass is 415 g/mol. The predicted octanol–water partition coefficient (Wildman–Crippen LogP) is 4.41. The summed E-state index contributed by atoms with van der Waals surface area (Å²) >= 11 is 8.03. The van der Waals surface area contributed by atoms with Crippen LogP contribution in [0.4, 0.5) is 11.5 Å². The molecule has 0 fully saturated rings. The molecule has 0 aliphatic carbocycles. The van der Waals surface area contributed by atoms with Crippen molar-refractivity contribution in [3.63, 3.8) is 0 Å². The zero-order chi connectivity index (χ0) is 15.2. The number of aromatic nitrogens is 1. The van der Waals surface area contributed by atoms with Gasteiger partial charge in [-0.05, 0) is 59.3 Å². The van der Waals surface area contributed by atoms with Crippen LogP contribution < -0.4 is 10.6 Å². The van der Waals surface area contributed by atoms with Crippen LogP contribution >= 0.6 is 34.2 Å². The van der Waals surface area contributed by atoms with E-state index in [2.05, 4.69) is 45.1 Å². The molecule has 0 radical (unpaired) electrons. The van der Waals surface area contributed by atoms with Crippen molar-refractivity contribution in [1.29, 1.82) is 0 Å². The predicted molar refractivity (Wildman–Crippen MR) is 95.1 cm³/mol.